The molecule has 2 aromatic carbocycles. The Hall–Kier alpha value is -2.24. The summed E-state index contributed by atoms with van der Waals surface area (Å²) in [6.07, 6.45) is 1.82. The Morgan fingerprint density at radius 1 is 1.12 bits per heavy atom. The second-order valence-electron chi connectivity index (χ2n) is 6.26. The third kappa shape index (κ3) is 5.13. The molecule has 0 aliphatic carbocycles. The number of phenols is 1. The number of halogens is 1. The largest absolute Gasteiger partial charge is 0.504 e. The van der Waals surface area contributed by atoms with Crippen LogP contribution in [-0.4, -0.2) is 54.0 Å². The second-order valence-corrected chi connectivity index (χ2v) is 6.70. The molecule has 1 aliphatic heterocycles. The number of rotatable bonds is 6. The first kappa shape index (κ1) is 18.5. The summed E-state index contributed by atoms with van der Waals surface area (Å²) in [5.74, 6) is 0.643. The van der Waals surface area contributed by atoms with Crippen LogP contribution in [0.2, 0.25) is 5.02 Å². The predicted octanol–water partition coefficient (Wildman–Crippen LogP) is 3.60. The van der Waals surface area contributed by atoms with Crippen molar-refractivity contribution in [1.29, 1.82) is 0 Å². The minimum absolute atomic E-state index is 0.153. The predicted molar refractivity (Wildman–Crippen MR) is 105 cm³/mol. The monoisotopic (exact) mass is 373 g/mol. The number of hydrazone groups is 1. The van der Waals surface area contributed by atoms with Crippen molar-refractivity contribution < 1.29 is 9.84 Å². The maximum atomic E-state index is 9.76. The van der Waals surface area contributed by atoms with Gasteiger partial charge in [-0.2, -0.15) is 5.10 Å². The number of ether oxygens (including phenoxy) is 1. The molecular weight excluding hydrogens is 350 g/mol. The van der Waals surface area contributed by atoms with Crippen molar-refractivity contribution in [2.24, 2.45) is 5.10 Å². The molecule has 2 aromatic rings. The molecule has 0 atom stereocenters. The third-order valence-corrected chi connectivity index (χ3v) is 4.57. The van der Waals surface area contributed by atoms with Crippen LogP contribution in [0.3, 0.4) is 0 Å². The molecule has 1 aliphatic rings. The van der Waals surface area contributed by atoms with Crippen molar-refractivity contribution in [3.63, 3.8) is 0 Å². The maximum Gasteiger partial charge on any atom is 0.161 e. The Labute approximate surface area is 159 Å². The third-order valence-electron chi connectivity index (χ3n) is 4.32. The minimum atomic E-state index is 0.153. The zero-order chi connectivity index (χ0) is 18.4. The van der Waals surface area contributed by atoms with E-state index < -0.39 is 0 Å². The highest BCUT2D eigenvalue weighted by atomic mass is 35.5. The summed E-state index contributed by atoms with van der Waals surface area (Å²) in [6.45, 7) is 7.07. The number of nitrogens with zero attached hydrogens (tertiary/aromatic N) is 3. The second kappa shape index (κ2) is 8.92. The van der Waals surface area contributed by atoms with Gasteiger partial charge in [-0.1, -0.05) is 23.7 Å². The highest BCUT2D eigenvalue weighted by Gasteiger charge is 2.15. The lowest BCUT2D eigenvalue weighted by atomic mass is 10.2. The van der Waals surface area contributed by atoms with Gasteiger partial charge in [-0.25, -0.2) is 0 Å². The van der Waals surface area contributed by atoms with E-state index in [4.69, 9.17) is 16.3 Å². The van der Waals surface area contributed by atoms with E-state index in [1.54, 1.807) is 12.1 Å². The molecule has 1 fully saturated rings. The molecular formula is C20H24ClN3O2. The van der Waals surface area contributed by atoms with Gasteiger partial charge in [0.1, 0.15) is 0 Å². The summed E-state index contributed by atoms with van der Waals surface area (Å²) in [5.41, 5.74) is 2.19. The van der Waals surface area contributed by atoms with Crippen molar-refractivity contribution in [3.8, 4) is 11.5 Å². The SMILES string of the molecule is CCOc1cc(/C=N/N2CCN(Cc3ccc(Cl)cc3)CC2)ccc1O. The molecule has 0 amide bonds. The van der Waals surface area contributed by atoms with E-state index in [1.165, 1.54) is 5.56 Å². The highest BCUT2D eigenvalue weighted by Crippen LogP contribution is 2.26. The van der Waals surface area contributed by atoms with Crippen molar-refractivity contribution in [2.45, 2.75) is 13.5 Å². The number of hydrogen-bond donors (Lipinski definition) is 1. The first-order valence-corrected chi connectivity index (χ1v) is 9.23. The van der Waals surface area contributed by atoms with E-state index in [0.29, 0.717) is 12.4 Å². The molecule has 0 saturated carbocycles. The normalized spacial score (nSPS) is 15.5. The van der Waals surface area contributed by atoms with E-state index in [0.717, 1.165) is 43.3 Å². The van der Waals surface area contributed by atoms with Gasteiger partial charge < -0.3 is 9.84 Å². The molecule has 0 unspecified atom stereocenters. The lowest BCUT2D eigenvalue weighted by Crippen LogP contribution is -2.43. The standard InChI is InChI=1S/C20H24ClN3O2/c1-2-26-20-13-17(5-8-19(20)25)14-22-24-11-9-23(10-12-24)15-16-3-6-18(21)7-4-16/h3-8,13-14,25H,2,9-12,15H2,1H3/b22-14+. The Morgan fingerprint density at radius 2 is 1.85 bits per heavy atom. The van der Waals surface area contributed by atoms with Gasteiger partial charge in [0.05, 0.1) is 12.8 Å². The Balaban J connectivity index is 1.51. The van der Waals surface area contributed by atoms with Crippen LogP contribution in [0.1, 0.15) is 18.1 Å². The molecule has 3 rings (SSSR count). The fourth-order valence-electron chi connectivity index (χ4n) is 2.89. The van der Waals surface area contributed by atoms with Crippen LogP contribution in [0.15, 0.2) is 47.6 Å². The van der Waals surface area contributed by atoms with Crippen molar-refractivity contribution in [1.82, 2.24) is 9.91 Å². The first-order chi connectivity index (χ1) is 12.6. The zero-order valence-electron chi connectivity index (χ0n) is 14.9. The molecule has 0 aromatic heterocycles. The van der Waals surface area contributed by atoms with Crippen LogP contribution in [0, 0.1) is 0 Å². The van der Waals surface area contributed by atoms with E-state index >= 15 is 0 Å². The van der Waals surface area contributed by atoms with Crippen LogP contribution >= 0.6 is 11.6 Å². The average molecular weight is 374 g/mol. The molecule has 1 saturated heterocycles. The molecule has 6 heteroatoms. The van der Waals surface area contributed by atoms with Gasteiger partial charge in [-0.15, -0.1) is 0 Å². The van der Waals surface area contributed by atoms with Crippen LogP contribution < -0.4 is 4.74 Å². The summed E-state index contributed by atoms with van der Waals surface area (Å²) in [7, 11) is 0. The summed E-state index contributed by atoms with van der Waals surface area (Å²) in [4.78, 5) is 2.42. The quantitative estimate of drug-likeness (QED) is 0.786. The molecule has 1 N–H and O–H groups in total. The number of hydrogen-bond acceptors (Lipinski definition) is 5. The lowest BCUT2D eigenvalue weighted by Gasteiger charge is -2.33. The van der Waals surface area contributed by atoms with Gasteiger partial charge in [0, 0.05) is 37.7 Å². The van der Waals surface area contributed by atoms with E-state index in [9.17, 15) is 5.11 Å². The van der Waals surface area contributed by atoms with Gasteiger partial charge >= 0.3 is 0 Å². The number of aromatic hydroxyl groups is 1. The van der Waals surface area contributed by atoms with E-state index in [-0.39, 0.29) is 5.75 Å². The lowest BCUT2D eigenvalue weighted by molar-refractivity contribution is 0.131. The van der Waals surface area contributed by atoms with Crippen LogP contribution in [0.4, 0.5) is 0 Å². The smallest absolute Gasteiger partial charge is 0.161 e. The Morgan fingerprint density at radius 3 is 2.54 bits per heavy atom. The minimum Gasteiger partial charge on any atom is -0.504 e. The molecule has 0 bridgehead atoms. The molecule has 0 spiro atoms. The van der Waals surface area contributed by atoms with Crippen molar-refractivity contribution >= 4 is 17.8 Å². The van der Waals surface area contributed by atoms with Gasteiger partial charge in [0.15, 0.2) is 11.5 Å². The topological polar surface area (TPSA) is 48.3 Å². The van der Waals surface area contributed by atoms with Gasteiger partial charge in [0.25, 0.3) is 0 Å². The molecule has 0 radical (unpaired) electrons. The molecule has 1 heterocycles. The fraction of sp³-hybridized carbons (Fsp3) is 0.350. The fourth-order valence-corrected chi connectivity index (χ4v) is 3.02. The molecule has 26 heavy (non-hydrogen) atoms. The summed E-state index contributed by atoms with van der Waals surface area (Å²) in [5, 5.41) is 17.2. The van der Waals surface area contributed by atoms with E-state index in [2.05, 4.69) is 27.1 Å². The van der Waals surface area contributed by atoms with Crippen molar-refractivity contribution in [2.75, 3.05) is 32.8 Å². The number of piperazine rings is 1. The van der Waals surface area contributed by atoms with E-state index in [1.807, 2.05) is 31.3 Å². The van der Waals surface area contributed by atoms with Gasteiger partial charge in [0.2, 0.25) is 0 Å². The first-order valence-electron chi connectivity index (χ1n) is 8.85. The average Bonchev–Trinajstić information content (AvgIpc) is 2.65. The van der Waals surface area contributed by atoms with Gasteiger partial charge in [-0.05, 0) is 48.4 Å². The van der Waals surface area contributed by atoms with Crippen LogP contribution in [-0.2, 0) is 6.54 Å². The molecule has 138 valence electrons. The van der Waals surface area contributed by atoms with Gasteiger partial charge in [-0.3, -0.25) is 9.91 Å². The number of benzene rings is 2. The van der Waals surface area contributed by atoms with Crippen LogP contribution in [0.25, 0.3) is 0 Å². The highest BCUT2D eigenvalue weighted by molar-refractivity contribution is 6.30. The summed E-state index contributed by atoms with van der Waals surface area (Å²) >= 11 is 5.94. The van der Waals surface area contributed by atoms with Crippen molar-refractivity contribution in [3.05, 3.63) is 58.6 Å². The summed E-state index contributed by atoms with van der Waals surface area (Å²) < 4.78 is 5.41. The Kier molecular flexibility index (Phi) is 6.36. The molecule has 5 nitrogen and oxygen atoms in total. The zero-order valence-corrected chi connectivity index (χ0v) is 15.7. The summed E-state index contributed by atoms with van der Waals surface area (Å²) in [6, 6.07) is 13.3. The maximum absolute atomic E-state index is 9.76. The Bertz CT molecular complexity index is 741. The number of phenolic OH excluding ortho intramolecular Hbond substituents is 1. The van der Waals surface area contributed by atoms with Crippen LogP contribution in [0.5, 0.6) is 11.5 Å².